The Kier molecular flexibility index (Phi) is 4.08. The van der Waals surface area contributed by atoms with Crippen LogP contribution in [0.25, 0.3) is 22.0 Å². The van der Waals surface area contributed by atoms with Gasteiger partial charge in [-0.05, 0) is 29.8 Å². The van der Waals surface area contributed by atoms with E-state index >= 15 is 0 Å². The van der Waals surface area contributed by atoms with Gasteiger partial charge in [0.05, 0.1) is 5.52 Å². The smallest absolute Gasteiger partial charge is 0.131 e. The molecule has 0 aliphatic heterocycles. The van der Waals surface area contributed by atoms with Gasteiger partial charge in [-0.1, -0.05) is 46.3 Å². The summed E-state index contributed by atoms with van der Waals surface area (Å²) >= 11 is 3.47. The fourth-order valence-electron chi connectivity index (χ4n) is 2.01. The van der Waals surface area contributed by atoms with Crippen LogP contribution in [0.15, 0.2) is 59.1 Å². The Morgan fingerprint density at radius 2 is 1.68 bits per heavy atom. The Bertz CT molecular complexity index is 714. The van der Waals surface area contributed by atoms with Crippen molar-refractivity contribution in [3.05, 3.63) is 59.1 Å². The molecule has 0 saturated heterocycles. The average molecular weight is 336 g/mol. The summed E-state index contributed by atoms with van der Waals surface area (Å²) in [6.45, 7) is 0. The number of pyridine rings is 1. The van der Waals surface area contributed by atoms with Crippen LogP contribution in [-0.2, 0) is 0 Å². The van der Waals surface area contributed by atoms with Crippen LogP contribution in [-0.4, -0.2) is 4.98 Å². The lowest BCUT2D eigenvalue weighted by atomic mass is 10.0. The Morgan fingerprint density at radius 1 is 0.947 bits per heavy atom. The van der Waals surface area contributed by atoms with Gasteiger partial charge in [0.2, 0.25) is 0 Å². The molecule has 1 aromatic heterocycles. The standard InChI is InChI=1S/C15H11BrN2.ClH/c16-12-6-7-14-11(8-12)9-13(15(17)18-14)10-4-2-1-3-5-10;/h1-9H,(H2,17,18);1H. The number of nitrogen functional groups attached to an aromatic ring is 1. The maximum absolute atomic E-state index is 6.03. The van der Waals surface area contributed by atoms with Crippen LogP contribution < -0.4 is 5.73 Å². The van der Waals surface area contributed by atoms with Crippen LogP contribution in [0.1, 0.15) is 0 Å². The van der Waals surface area contributed by atoms with E-state index in [0.717, 1.165) is 26.5 Å². The summed E-state index contributed by atoms with van der Waals surface area (Å²) in [5.74, 6) is 0.566. The van der Waals surface area contributed by atoms with Gasteiger partial charge in [-0.2, -0.15) is 0 Å². The summed E-state index contributed by atoms with van der Waals surface area (Å²) in [7, 11) is 0. The maximum atomic E-state index is 6.03. The molecule has 0 aliphatic carbocycles. The number of hydrogen-bond acceptors (Lipinski definition) is 2. The lowest BCUT2D eigenvalue weighted by Crippen LogP contribution is -1.94. The molecule has 0 unspecified atom stereocenters. The van der Waals surface area contributed by atoms with E-state index in [0.29, 0.717) is 5.82 Å². The van der Waals surface area contributed by atoms with E-state index in [-0.39, 0.29) is 12.4 Å². The number of anilines is 1. The first kappa shape index (κ1) is 13.8. The number of hydrogen-bond donors (Lipinski definition) is 1. The Balaban J connectivity index is 0.00000133. The number of nitrogens with two attached hydrogens (primary N) is 1. The zero-order valence-corrected chi connectivity index (χ0v) is 12.4. The number of aromatic nitrogens is 1. The first-order valence-corrected chi connectivity index (χ1v) is 6.44. The molecule has 3 aromatic rings. The van der Waals surface area contributed by atoms with Crippen molar-refractivity contribution in [2.75, 3.05) is 5.73 Å². The van der Waals surface area contributed by atoms with E-state index in [1.54, 1.807) is 0 Å². The van der Waals surface area contributed by atoms with E-state index in [2.05, 4.69) is 27.0 Å². The van der Waals surface area contributed by atoms with Gasteiger partial charge in [0.25, 0.3) is 0 Å². The van der Waals surface area contributed by atoms with Gasteiger partial charge in [-0.25, -0.2) is 4.98 Å². The summed E-state index contributed by atoms with van der Waals surface area (Å²) < 4.78 is 1.04. The first-order valence-electron chi connectivity index (χ1n) is 5.65. The fraction of sp³-hybridized carbons (Fsp3) is 0. The number of nitrogens with zero attached hydrogens (tertiary/aromatic N) is 1. The molecule has 19 heavy (non-hydrogen) atoms. The van der Waals surface area contributed by atoms with Crippen LogP contribution in [0.4, 0.5) is 5.82 Å². The number of halogens is 2. The van der Waals surface area contributed by atoms with Crippen molar-refractivity contribution in [2.24, 2.45) is 0 Å². The second kappa shape index (κ2) is 5.59. The fourth-order valence-corrected chi connectivity index (χ4v) is 2.39. The van der Waals surface area contributed by atoms with Crippen molar-refractivity contribution in [1.29, 1.82) is 0 Å². The van der Waals surface area contributed by atoms with Crippen molar-refractivity contribution >= 4 is 45.1 Å². The van der Waals surface area contributed by atoms with Crippen LogP contribution in [0.5, 0.6) is 0 Å². The zero-order valence-electron chi connectivity index (χ0n) is 10.0. The molecule has 0 amide bonds. The van der Waals surface area contributed by atoms with Gasteiger partial charge in [-0.15, -0.1) is 12.4 Å². The molecule has 0 saturated carbocycles. The highest BCUT2D eigenvalue weighted by Gasteiger charge is 2.06. The average Bonchev–Trinajstić information content (AvgIpc) is 2.39. The Labute approximate surface area is 126 Å². The minimum Gasteiger partial charge on any atom is -0.383 e. The van der Waals surface area contributed by atoms with Crippen LogP contribution in [0, 0.1) is 0 Å². The molecule has 0 radical (unpaired) electrons. The van der Waals surface area contributed by atoms with Crippen molar-refractivity contribution in [2.45, 2.75) is 0 Å². The summed E-state index contributed by atoms with van der Waals surface area (Å²) in [6, 6.07) is 18.1. The van der Waals surface area contributed by atoms with Crippen LogP contribution in [0.3, 0.4) is 0 Å². The minimum absolute atomic E-state index is 0. The molecule has 3 rings (SSSR count). The molecule has 4 heteroatoms. The molecular formula is C15H12BrClN2. The van der Waals surface area contributed by atoms with E-state index in [1.807, 2.05) is 48.5 Å². The van der Waals surface area contributed by atoms with Gasteiger partial charge in [0, 0.05) is 15.4 Å². The Hall–Kier alpha value is -1.58. The molecule has 1 heterocycles. The van der Waals surface area contributed by atoms with Gasteiger partial charge < -0.3 is 5.73 Å². The molecular weight excluding hydrogens is 324 g/mol. The molecule has 2 aromatic carbocycles. The number of rotatable bonds is 1. The van der Waals surface area contributed by atoms with Crippen molar-refractivity contribution in [3.8, 4) is 11.1 Å². The van der Waals surface area contributed by atoms with E-state index in [9.17, 15) is 0 Å². The van der Waals surface area contributed by atoms with Crippen molar-refractivity contribution < 1.29 is 0 Å². The maximum Gasteiger partial charge on any atom is 0.131 e. The lowest BCUT2D eigenvalue weighted by Gasteiger charge is -2.07. The Morgan fingerprint density at radius 3 is 2.42 bits per heavy atom. The largest absolute Gasteiger partial charge is 0.383 e. The minimum atomic E-state index is 0. The molecule has 0 spiro atoms. The van der Waals surface area contributed by atoms with Gasteiger partial charge in [-0.3, -0.25) is 0 Å². The van der Waals surface area contributed by atoms with Crippen molar-refractivity contribution in [3.63, 3.8) is 0 Å². The molecule has 0 bridgehead atoms. The first-order chi connectivity index (χ1) is 8.74. The highest BCUT2D eigenvalue weighted by Crippen LogP contribution is 2.29. The summed E-state index contributed by atoms with van der Waals surface area (Å²) in [5.41, 5.74) is 9.01. The second-order valence-electron chi connectivity index (χ2n) is 4.12. The van der Waals surface area contributed by atoms with Gasteiger partial charge in [0.1, 0.15) is 5.82 Å². The number of benzene rings is 2. The third-order valence-electron chi connectivity index (χ3n) is 2.89. The highest BCUT2D eigenvalue weighted by atomic mass is 79.9. The van der Waals surface area contributed by atoms with E-state index in [4.69, 9.17) is 5.73 Å². The molecule has 0 fully saturated rings. The molecule has 0 atom stereocenters. The zero-order chi connectivity index (χ0) is 12.5. The normalized spacial score (nSPS) is 10.2. The molecule has 2 N–H and O–H groups in total. The second-order valence-corrected chi connectivity index (χ2v) is 5.04. The molecule has 0 aliphatic rings. The monoisotopic (exact) mass is 334 g/mol. The van der Waals surface area contributed by atoms with E-state index < -0.39 is 0 Å². The predicted molar refractivity (Wildman–Crippen MR) is 86.5 cm³/mol. The summed E-state index contributed by atoms with van der Waals surface area (Å²) in [4.78, 5) is 4.45. The lowest BCUT2D eigenvalue weighted by molar-refractivity contribution is 1.41. The predicted octanol–water partition coefficient (Wildman–Crippen LogP) is 4.67. The highest BCUT2D eigenvalue weighted by molar-refractivity contribution is 9.10. The van der Waals surface area contributed by atoms with Gasteiger partial charge >= 0.3 is 0 Å². The summed E-state index contributed by atoms with van der Waals surface area (Å²) in [6.07, 6.45) is 0. The van der Waals surface area contributed by atoms with Crippen molar-refractivity contribution in [1.82, 2.24) is 4.98 Å². The van der Waals surface area contributed by atoms with Crippen LogP contribution in [0.2, 0.25) is 0 Å². The third kappa shape index (κ3) is 2.72. The summed E-state index contributed by atoms with van der Waals surface area (Å²) in [5, 5.41) is 1.08. The molecule has 96 valence electrons. The topological polar surface area (TPSA) is 38.9 Å². The quantitative estimate of drug-likeness (QED) is 0.702. The SMILES string of the molecule is Cl.Nc1nc2ccc(Br)cc2cc1-c1ccccc1. The third-order valence-corrected chi connectivity index (χ3v) is 3.38. The van der Waals surface area contributed by atoms with Crippen LogP contribution >= 0.6 is 28.3 Å². The molecule has 2 nitrogen and oxygen atoms in total. The van der Waals surface area contributed by atoms with E-state index in [1.165, 1.54) is 0 Å². The van der Waals surface area contributed by atoms with Gasteiger partial charge in [0.15, 0.2) is 0 Å². The number of fused-ring (bicyclic) bond motifs is 1.